The highest BCUT2D eigenvalue weighted by Crippen LogP contribution is 2.35. The van der Waals surface area contributed by atoms with E-state index in [9.17, 15) is 14.9 Å². The molecule has 1 amide bonds. The van der Waals surface area contributed by atoms with Crippen molar-refractivity contribution in [1.29, 1.82) is 0 Å². The third-order valence-corrected chi connectivity index (χ3v) is 5.25. The van der Waals surface area contributed by atoms with Gasteiger partial charge in [-0.3, -0.25) is 14.9 Å². The van der Waals surface area contributed by atoms with Crippen LogP contribution in [-0.4, -0.2) is 30.0 Å². The zero-order chi connectivity index (χ0) is 18.0. The van der Waals surface area contributed by atoms with Crippen LogP contribution in [0.4, 0.5) is 16.4 Å². The van der Waals surface area contributed by atoms with E-state index in [2.05, 4.69) is 18.7 Å². The van der Waals surface area contributed by atoms with Crippen LogP contribution in [0.5, 0.6) is 0 Å². The SMILES string of the molecule is CCN1c2ccccc2N(C(=O)/C=C/c2ccc([N+](=O)[O-])s2)CC1C. The lowest BCUT2D eigenvalue weighted by Crippen LogP contribution is -2.49. The van der Waals surface area contributed by atoms with Crippen molar-refractivity contribution in [1.82, 2.24) is 0 Å². The van der Waals surface area contributed by atoms with E-state index in [0.717, 1.165) is 29.3 Å². The predicted octanol–water partition coefficient (Wildman–Crippen LogP) is 3.93. The van der Waals surface area contributed by atoms with Gasteiger partial charge in [-0.15, -0.1) is 0 Å². The van der Waals surface area contributed by atoms with Gasteiger partial charge in [-0.05, 0) is 38.1 Å². The molecule has 0 aliphatic carbocycles. The molecule has 0 fully saturated rings. The van der Waals surface area contributed by atoms with Gasteiger partial charge in [0.25, 0.3) is 5.91 Å². The first kappa shape index (κ1) is 17.2. The fourth-order valence-electron chi connectivity index (χ4n) is 3.10. The smallest absolute Gasteiger partial charge is 0.324 e. The molecule has 0 N–H and O–H groups in total. The van der Waals surface area contributed by atoms with Crippen molar-refractivity contribution in [2.75, 3.05) is 22.9 Å². The number of hydrogen-bond acceptors (Lipinski definition) is 5. The Balaban J connectivity index is 1.84. The van der Waals surface area contributed by atoms with E-state index in [0.29, 0.717) is 11.4 Å². The number of carbonyl (C=O) groups excluding carboxylic acids is 1. The molecule has 0 radical (unpaired) electrons. The Labute approximate surface area is 150 Å². The fraction of sp³-hybridized carbons (Fsp3) is 0.278. The van der Waals surface area contributed by atoms with E-state index < -0.39 is 4.92 Å². The highest BCUT2D eigenvalue weighted by atomic mass is 32.1. The second-order valence-electron chi connectivity index (χ2n) is 5.84. The molecule has 0 saturated heterocycles. The van der Waals surface area contributed by atoms with Crippen LogP contribution in [0.25, 0.3) is 6.08 Å². The number of nitrogens with zero attached hydrogens (tertiary/aromatic N) is 3. The van der Waals surface area contributed by atoms with E-state index in [-0.39, 0.29) is 17.0 Å². The Hall–Kier alpha value is -2.67. The molecule has 130 valence electrons. The number of hydrogen-bond donors (Lipinski definition) is 0. The highest BCUT2D eigenvalue weighted by molar-refractivity contribution is 7.16. The molecule has 0 saturated carbocycles. The average molecular weight is 357 g/mol. The fourth-order valence-corrected chi connectivity index (χ4v) is 3.82. The predicted molar refractivity (Wildman–Crippen MR) is 101 cm³/mol. The summed E-state index contributed by atoms with van der Waals surface area (Å²) in [6.07, 6.45) is 3.13. The second-order valence-corrected chi connectivity index (χ2v) is 6.93. The molecule has 1 unspecified atom stereocenters. The van der Waals surface area contributed by atoms with Gasteiger partial charge < -0.3 is 9.80 Å². The minimum absolute atomic E-state index is 0.0719. The van der Waals surface area contributed by atoms with Gasteiger partial charge in [0.2, 0.25) is 0 Å². The van der Waals surface area contributed by atoms with Gasteiger partial charge in [0, 0.05) is 36.2 Å². The van der Waals surface area contributed by atoms with Gasteiger partial charge in [0.05, 0.1) is 16.3 Å². The number of carbonyl (C=O) groups is 1. The summed E-state index contributed by atoms with van der Waals surface area (Å²) < 4.78 is 0. The Kier molecular flexibility index (Phi) is 4.85. The van der Waals surface area contributed by atoms with Gasteiger partial charge >= 0.3 is 5.00 Å². The molecule has 25 heavy (non-hydrogen) atoms. The third kappa shape index (κ3) is 3.41. The molecular weight excluding hydrogens is 338 g/mol. The number of likely N-dealkylation sites (N-methyl/N-ethyl adjacent to an activating group) is 1. The van der Waals surface area contributed by atoms with Crippen LogP contribution in [-0.2, 0) is 4.79 Å². The standard InChI is InChI=1S/C18H19N3O3S/c1-3-19-13(2)12-20(16-7-5-4-6-15(16)19)17(22)10-8-14-9-11-18(25-14)21(23)24/h4-11,13H,3,12H2,1-2H3/b10-8+. The monoisotopic (exact) mass is 357 g/mol. The maximum absolute atomic E-state index is 12.7. The number of fused-ring (bicyclic) bond motifs is 1. The van der Waals surface area contributed by atoms with Crippen molar-refractivity contribution in [3.8, 4) is 0 Å². The van der Waals surface area contributed by atoms with E-state index in [1.807, 2.05) is 24.3 Å². The first-order valence-electron chi connectivity index (χ1n) is 8.10. The molecule has 1 aliphatic rings. The Bertz CT molecular complexity index is 830. The summed E-state index contributed by atoms with van der Waals surface area (Å²) in [5.41, 5.74) is 1.95. The molecule has 1 aromatic carbocycles. The highest BCUT2D eigenvalue weighted by Gasteiger charge is 2.29. The summed E-state index contributed by atoms with van der Waals surface area (Å²) in [5.74, 6) is -0.119. The molecule has 6 nitrogen and oxygen atoms in total. The van der Waals surface area contributed by atoms with Crippen LogP contribution in [0.1, 0.15) is 18.7 Å². The third-order valence-electron chi connectivity index (χ3n) is 4.25. The second kappa shape index (κ2) is 7.06. The molecule has 7 heteroatoms. The number of para-hydroxylation sites is 2. The minimum atomic E-state index is -0.425. The number of amides is 1. The minimum Gasteiger partial charge on any atom is -0.366 e. The summed E-state index contributed by atoms with van der Waals surface area (Å²) in [6.45, 7) is 5.70. The van der Waals surface area contributed by atoms with Crippen molar-refractivity contribution in [2.24, 2.45) is 0 Å². The van der Waals surface area contributed by atoms with Gasteiger partial charge in [0.15, 0.2) is 0 Å². The lowest BCUT2D eigenvalue weighted by molar-refractivity contribution is -0.380. The lowest BCUT2D eigenvalue weighted by atomic mass is 10.1. The Morgan fingerprint density at radius 2 is 2.04 bits per heavy atom. The Morgan fingerprint density at radius 3 is 2.68 bits per heavy atom. The van der Waals surface area contributed by atoms with Gasteiger partial charge in [0.1, 0.15) is 0 Å². The molecule has 2 heterocycles. The van der Waals surface area contributed by atoms with Crippen LogP contribution < -0.4 is 9.80 Å². The topological polar surface area (TPSA) is 66.7 Å². The van der Waals surface area contributed by atoms with Crippen molar-refractivity contribution in [2.45, 2.75) is 19.9 Å². The molecule has 0 bridgehead atoms. The molecule has 0 spiro atoms. The molecule has 1 aliphatic heterocycles. The first-order chi connectivity index (χ1) is 12.0. The molecule has 1 atom stereocenters. The van der Waals surface area contributed by atoms with Crippen molar-refractivity contribution < 1.29 is 9.72 Å². The summed E-state index contributed by atoms with van der Waals surface area (Å²) in [5, 5.41) is 10.8. The zero-order valence-electron chi connectivity index (χ0n) is 14.1. The number of benzene rings is 1. The summed E-state index contributed by atoms with van der Waals surface area (Å²) in [7, 11) is 0. The van der Waals surface area contributed by atoms with Crippen LogP contribution in [0.15, 0.2) is 42.5 Å². The van der Waals surface area contributed by atoms with E-state index in [1.165, 1.54) is 12.1 Å². The molecular formula is C18H19N3O3S. The van der Waals surface area contributed by atoms with Crippen LogP contribution in [0, 0.1) is 10.1 Å². The summed E-state index contributed by atoms with van der Waals surface area (Å²) in [6, 6.07) is 11.2. The van der Waals surface area contributed by atoms with Gasteiger partial charge in [-0.1, -0.05) is 23.5 Å². The van der Waals surface area contributed by atoms with Crippen LogP contribution >= 0.6 is 11.3 Å². The summed E-state index contributed by atoms with van der Waals surface area (Å²) in [4.78, 5) is 27.8. The van der Waals surface area contributed by atoms with Crippen molar-refractivity contribution >= 4 is 39.7 Å². The van der Waals surface area contributed by atoms with Crippen LogP contribution in [0.3, 0.4) is 0 Å². The van der Waals surface area contributed by atoms with Gasteiger partial charge in [-0.2, -0.15) is 0 Å². The van der Waals surface area contributed by atoms with Crippen molar-refractivity contribution in [3.05, 3.63) is 57.5 Å². The van der Waals surface area contributed by atoms with E-state index in [1.54, 1.807) is 17.0 Å². The van der Waals surface area contributed by atoms with Gasteiger partial charge in [-0.25, -0.2) is 0 Å². The number of rotatable bonds is 4. The zero-order valence-corrected chi connectivity index (χ0v) is 14.9. The maximum atomic E-state index is 12.7. The van der Waals surface area contributed by atoms with E-state index in [4.69, 9.17) is 0 Å². The number of anilines is 2. The number of nitro groups is 1. The molecule has 3 rings (SSSR count). The van der Waals surface area contributed by atoms with Crippen LogP contribution in [0.2, 0.25) is 0 Å². The Morgan fingerprint density at radius 1 is 1.32 bits per heavy atom. The maximum Gasteiger partial charge on any atom is 0.324 e. The quantitative estimate of drug-likeness (QED) is 0.472. The average Bonchev–Trinajstić information content (AvgIpc) is 3.08. The molecule has 2 aromatic rings. The van der Waals surface area contributed by atoms with E-state index >= 15 is 0 Å². The lowest BCUT2D eigenvalue weighted by Gasteiger charge is -2.41. The largest absolute Gasteiger partial charge is 0.366 e. The van der Waals surface area contributed by atoms with Crippen molar-refractivity contribution in [3.63, 3.8) is 0 Å². The normalized spacial score (nSPS) is 17.0. The summed E-state index contributed by atoms with van der Waals surface area (Å²) >= 11 is 1.05. The number of thiophene rings is 1. The molecule has 1 aromatic heterocycles. The first-order valence-corrected chi connectivity index (χ1v) is 8.92.